The lowest BCUT2D eigenvalue weighted by molar-refractivity contribution is -0.153. The van der Waals surface area contributed by atoms with Crippen molar-refractivity contribution in [1.82, 2.24) is 4.98 Å². The van der Waals surface area contributed by atoms with E-state index in [-0.39, 0.29) is 34.7 Å². The highest BCUT2D eigenvalue weighted by Gasteiger charge is 2.29. The number of aromatic nitrogens is 1. The van der Waals surface area contributed by atoms with Gasteiger partial charge in [0.25, 0.3) is 0 Å². The van der Waals surface area contributed by atoms with Crippen molar-refractivity contribution in [2.24, 2.45) is 0 Å². The summed E-state index contributed by atoms with van der Waals surface area (Å²) in [6.07, 6.45) is -4.51. The van der Waals surface area contributed by atoms with Crippen LogP contribution in [0.1, 0.15) is 28.5 Å². The number of rotatable bonds is 5. The zero-order valence-corrected chi connectivity index (χ0v) is 14.1. The second-order valence-electron chi connectivity index (χ2n) is 5.27. The monoisotopic (exact) mass is 364 g/mol. The molecular formula is C18H15F3N2O3. The van der Waals surface area contributed by atoms with Gasteiger partial charge < -0.3 is 9.47 Å². The van der Waals surface area contributed by atoms with Crippen LogP contribution in [0.2, 0.25) is 0 Å². The number of esters is 1. The van der Waals surface area contributed by atoms with E-state index in [1.807, 2.05) is 6.07 Å². The summed E-state index contributed by atoms with van der Waals surface area (Å²) >= 11 is 0. The Morgan fingerprint density at radius 1 is 1.31 bits per heavy atom. The molecule has 136 valence electrons. The molecular weight excluding hydrogens is 349 g/mol. The number of halogens is 3. The fourth-order valence-electron chi connectivity index (χ4n) is 2.30. The van der Waals surface area contributed by atoms with Crippen LogP contribution in [-0.2, 0) is 4.74 Å². The largest absolute Gasteiger partial charge is 0.483 e. The summed E-state index contributed by atoms with van der Waals surface area (Å²) in [4.78, 5) is 16.4. The predicted octanol–water partition coefficient (Wildman–Crippen LogP) is 4.05. The Bertz CT molecular complexity index is 858. The zero-order chi connectivity index (χ0) is 19.3. The fraction of sp³-hybridized carbons (Fsp3) is 0.278. The van der Waals surface area contributed by atoms with E-state index >= 15 is 0 Å². The van der Waals surface area contributed by atoms with Gasteiger partial charge >= 0.3 is 12.1 Å². The summed E-state index contributed by atoms with van der Waals surface area (Å²) in [6.45, 7) is 1.86. The first-order chi connectivity index (χ1) is 12.3. The first kappa shape index (κ1) is 19.2. The first-order valence-corrected chi connectivity index (χ1v) is 7.64. The molecule has 0 unspecified atom stereocenters. The van der Waals surface area contributed by atoms with E-state index < -0.39 is 18.8 Å². The third-order valence-electron chi connectivity index (χ3n) is 3.29. The highest BCUT2D eigenvalue weighted by molar-refractivity contribution is 5.95. The van der Waals surface area contributed by atoms with Crippen molar-refractivity contribution in [3.63, 3.8) is 0 Å². The molecule has 0 fully saturated rings. The van der Waals surface area contributed by atoms with Crippen LogP contribution >= 0.6 is 0 Å². The Labute approximate surface area is 148 Å². The van der Waals surface area contributed by atoms with Crippen molar-refractivity contribution in [3.8, 4) is 23.1 Å². The molecule has 1 aromatic heterocycles. The number of alkyl halides is 3. The van der Waals surface area contributed by atoms with Gasteiger partial charge in [-0.2, -0.15) is 18.4 Å². The smallest absolute Gasteiger partial charge is 0.422 e. The van der Waals surface area contributed by atoms with E-state index in [0.717, 1.165) is 0 Å². The molecule has 0 aliphatic carbocycles. The summed E-state index contributed by atoms with van der Waals surface area (Å²) in [7, 11) is 0. The van der Waals surface area contributed by atoms with Gasteiger partial charge in [-0.25, -0.2) is 4.79 Å². The fourth-order valence-corrected chi connectivity index (χ4v) is 2.30. The molecule has 0 saturated carbocycles. The molecule has 26 heavy (non-hydrogen) atoms. The summed E-state index contributed by atoms with van der Waals surface area (Å²) in [6, 6.07) is 9.19. The lowest BCUT2D eigenvalue weighted by atomic mass is 10.00. The molecule has 0 spiro atoms. The van der Waals surface area contributed by atoms with Crippen LogP contribution in [0.4, 0.5) is 13.2 Å². The Balaban J connectivity index is 2.59. The van der Waals surface area contributed by atoms with Crippen LogP contribution in [0.15, 0.2) is 30.3 Å². The van der Waals surface area contributed by atoms with Crippen molar-refractivity contribution >= 4 is 5.97 Å². The second kappa shape index (κ2) is 7.87. The topological polar surface area (TPSA) is 72.2 Å². The standard InChI is InChI=1S/C18H15F3N2O3/c1-3-25-17(24)13-8-11(2)23-16(14(13)9-22)12-6-4-5-7-15(12)26-10-18(19,20)21/h4-8H,3,10H2,1-2H3. The highest BCUT2D eigenvalue weighted by atomic mass is 19.4. The molecule has 0 bridgehead atoms. The summed E-state index contributed by atoms with van der Waals surface area (Å²) in [5.74, 6) is -0.793. The highest BCUT2D eigenvalue weighted by Crippen LogP contribution is 2.33. The van der Waals surface area contributed by atoms with Crippen molar-refractivity contribution in [3.05, 3.63) is 47.2 Å². The molecule has 8 heteroatoms. The van der Waals surface area contributed by atoms with Gasteiger partial charge in [0.05, 0.1) is 23.4 Å². The molecule has 1 aromatic carbocycles. The lowest BCUT2D eigenvalue weighted by Crippen LogP contribution is -2.19. The molecule has 5 nitrogen and oxygen atoms in total. The SMILES string of the molecule is CCOC(=O)c1cc(C)nc(-c2ccccc2OCC(F)(F)F)c1C#N. The Morgan fingerprint density at radius 3 is 2.62 bits per heavy atom. The van der Waals surface area contributed by atoms with Gasteiger partial charge in [0, 0.05) is 11.3 Å². The van der Waals surface area contributed by atoms with E-state index in [4.69, 9.17) is 9.47 Å². The van der Waals surface area contributed by atoms with Crippen molar-refractivity contribution in [2.45, 2.75) is 20.0 Å². The van der Waals surface area contributed by atoms with Crippen LogP contribution < -0.4 is 4.74 Å². The molecule has 2 aromatic rings. The molecule has 0 saturated heterocycles. The maximum atomic E-state index is 12.5. The van der Waals surface area contributed by atoms with E-state index in [1.54, 1.807) is 19.9 Å². The molecule has 1 heterocycles. The molecule has 0 aliphatic rings. The van der Waals surface area contributed by atoms with E-state index in [2.05, 4.69) is 4.98 Å². The number of carbonyl (C=O) groups is 1. The summed E-state index contributed by atoms with van der Waals surface area (Å²) in [5.41, 5.74) is 0.572. The third-order valence-corrected chi connectivity index (χ3v) is 3.29. The van der Waals surface area contributed by atoms with Gasteiger partial charge in [0.2, 0.25) is 0 Å². The maximum Gasteiger partial charge on any atom is 0.422 e. The van der Waals surface area contributed by atoms with Gasteiger partial charge in [-0.15, -0.1) is 0 Å². The van der Waals surface area contributed by atoms with Gasteiger partial charge in [-0.3, -0.25) is 4.98 Å². The number of ether oxygens (including phenoxy) is 2. The normalized spacial score (nSPS) is 10.9. The average Bonchev–Trinajstić information content (AvgIpc) is 2.59. The number of pyridine rings is 1. The zero-order valence-electron chi connectivity index (χ0n) is 14.1. The van der Waals surface area contributed by atoms with Gasteiger partial charge in [0.15, 0.2) is 6.61 Å². The summed E-state index contributed by atoms with van der Waals surface area (Å²) in [5, 5.41) is 9.50. The van der Waals surface area contributed by atoms with Crippen molar-refractivity contribution in [1.29, 1.82) is 5.26 Å². The van der Waals surface area contributed by atoms with Crippen molar-refractivity contribution in [2.75, 3.05) is 13.2 Å². The minimum atomic E-state index is -4.51. The van der Waals surface area contributed by atoms with Crippen LogP contribution in [-0.4, -0.2) is 30.3 Å². The quantitative estimate of drug-likeness (QED) is 0.749. The van der Waals surface area contributed by atoms with Crippen molar-refractivity contribution < 1.29 is 27.4 Å². The van der Waals surface area contributed by atoms with E-state index in [1.165, 1.54) is 24.3 Å². The van der Waals surface area contributed by atoms with E-state index in [0.29, 0.717) is 5.69 Å². The van der Waals surface area contributed by atoms with Crippen LogP contribution in [0.25, 0.3) is 11.3 Å². The minimum Gasteiger partial charge on any atom is -0.483 e. The van der Waals surface area contributed by atoms with Crippen LogP contribution in [0.5, 0.6) is 5.75 Å². The molecule has 0 amide bonds. The maximum absolute atomic E-state index is 12.5. The molecule has 0 radical (unpaired) electrons. The predicted molar refractivity (Wildman–Crippen MR) is 86.6 cm³/mol. The van der Waals surface area contributed by atoms with E-state index in [9.17, 15) is 23.2 Å². The number of hydrogen-bond donors (Lipinski definition) is 0. The Hall–Kier alpha value is -3.08. The first-order valence-electron chi connectivity index (χ1n) is 7.64. The van der Waals surface area contributed by atoms with Crippen LogP contribution in [0.3, 0.4) is 0 Å². The number of para-hydroxylation sites is 1. The molecule has 2 rings (SSSR count). The second-order valence-corrected chi connectivity index (χ2v) is 5.27. The number of carbonyl (C=O) groups excluding carboxylic acids is 1. The molecule has 0 aliphatic heterocycles. The Kier molecular flexibility index (Phi) is 5.82. The number of hydrogen-bond acceptors (Lipinski definition) is 5. The van der Waals surface area contributed by atoms with Gasteiger partial charge in [0.1, 0.15) is 11.8 Å². The number of nitriles is 1. The third kappa shape index (κ3) is 4.51. The van der Waals surface area contributed by atoms with Gasteiger partial charge in [-0.1, -0.05) is 12.1 Å². The van der Waals surface area contributed by atoms with Gasteiger partial charge in [-0.05, 0) is 32.0 Å². The minimum absolute atomic E-state index is 0.00229. The number of benzene rings is 1. The van der Waals surface area contributed by atoms with Crippen LogP contribution in [0, 0.1) is 18.3 Å². The summed E-state index contributed by atoms with van der Waals surface area (Å²) < 4.78 is 47.3. The molecule has 0 atom stereocenters. The number of nitrogens with zero attached hydrogens (tertiary/aromatic N) is 2. The Morgan fingerprint density at radius 2 is 2.00 bits per heavy atom. The lowest BCUT2D eigenvalue weighted by Gasteiger charge is -2.15. The number of aryl methyl sites for hydroxylation is 1. The molecule has 0 N–H and O–H groups in total. The average molecular weight is 364 g/mol.